The van der Waals surface area contributed by atoms with Crippen LogP contribution in [0.2, 0.25) is 0 Å². The van der Waals surface area contributed by atoms with E-state index in [0.29, 0.717) is 18.8 Å². The zero-order chi connectivity index (χ0) is 20.1. The molecule has 148 valence electrons. The molecule has 7 nitrogen and oxygen atoms in total. The summed E-state index contributed by atoms with van der Waals surface area (Å²) in [6, 6.07) is 0. The molecular formula is C20H29N3O4. The van der Waals surface area contributed by atoms with Gasteiger partial charge in [-0.25, -0.2) is 9.97 Å². The van der Waals surface area contributed by atoms with Crippen molar-refractivity contribution in [3.05, 3.63) is 30.4 Å². The number of rotatable bonds is 4. The van der Waals surface area contributed by atoms with Crippen molar-refractivity contribution < 1.29 is 19.8 Å². The van der Waals surface area contributed by atoms with Crippen LogP contribution in [0, 0.1) is 22.7 Å². The lowest BCUT2D eigenvalue weighted by Gasteiger charge is -2.36. The van der Waals surface area contributed by atoms with Crippen LogP contribution in [-0.2, 0) is 9.59 Å². The van der Waals surface area contributed by atoms with E-state index in [9.17, 15) is 9.59 Å². The molecule has 2 fully saturated rings. The highest BCUT2D eigenvalue weighted by molar-refractivity contribution is 5.80. The van der Waals surface area contributed by atoms with Crippen LogP contribution in [0.4, 0.5) is 0 Å². The number of hydrogen-bond donors (Lipinski definition) is 3. The molecule has 7 heteroatoms. The smallest absolute Gasteiger partial charge is 0.309 e. The Balaban J connectivity index is 0.000000194. The van der Waals surface area contributed by atoms with Gasteiger partial charge in [-0.3, -0.25) is 9.59 Å². The van der Waals surface area contributed by atoms with Crippen molar-refractivity contribution in [1.82, 2.24) is 15.3 Å². The molecule has 2 heterocycles. The van der Waals surface area contributed by atoms with Gasteiger partial charge in [0.25, 0.3) is 0 Å². The predicted octanol–water partition coefficient (Wildman–Crippen LogP) is 2.70. The van der Waals surface area contributed by atoms with E-state index in [1.807, 2.05) is 12.4 Å². The quantitative estimate of drug-likeness (QED) is 0.741. The van der Waals surface area contributed by atoms with E-state index < -0.39 is 28.7 Å². The number of carbonyl (C=O) groups is 2. The molecule has 0 amide bonds. The first kappa shape index (κ1) is 21.0. The molecule has 3 atom stereocenters. The van der Waals surface area contributed by atoms with Crippen LogP contribution < -0.4 is 5.32 Å². The number of carboxylic acid groups (broad SMARTS) is 2. The first-order chi connectivity index (χ1) is 12.7. The van der Waals surface area contributed by atoms with E-state index in [4.69, 9.17) is 10.2 Å². The largest absolute Gasteiger partial charge is 0.481 e. The lowest BCUT2D eigenvalue weighted by atomic mass is 9.66. The van der Waals surface area contributed by atoms with E-state index in [1.165, 1.54) is 6.42 Å². The van der Waals surface area contributed by atoms with Crippen molar-refractivity contribution in [2.24, 2.45) is 22.7 Å². The number of carboxylic acids is 2. The highest BCUT2D eigenvalue weighted by Crippen LogP contribution is 2.56. The van der Waals surface area contributed by atoms with Crippen LogP contribution in [0.15, 0.2) is 24.8 Å². The Bertz CT molecular complexity index is 684. The third kappa shape index (κ3) is 4.71. The van der Waals surface area contributed by atoms with E-state index in [0.717, 1.165) is 18.7 Å². The summed E-state index contributed by atoms with van der Waals surface area (Å²) in [4.78, 5) is 30.0. The molecule has 0 spiro atoms. The first-order valence-electron chi connectivity index (χ1n) is 9.28. The standard InChI is InChI=1S/C10H13N3.C10H16O4/c1(9-3-4-11-5-9)2-10-6-12-8-13-7-10;1-9(2)6(7(11)12)4-5-10(9,3)8(13)14/h1-2,6-9,11H,3-5H2;6H,4-5H2,1-3H3,(H,11,12)(H,13,14)/b2-1+;/t;6?,10-/m.0/s1. The molecule has 1 aromatic rings. The highest BCUT2D eigenvalue weighted by Gasteiger charge is 2.58. The molecule has 2 aliphatic rings. The number of aromatic nitrogens is 2. The van der Waals surface area contributed by atoms with E-state index >= 15 is 0 Å². The van der Waals surface area contributed by atoms with Gasteiger partial charge in [-0.2, -0.15) is 0 Å². The molecule has 3 rings (SSSR count). The molecule has 2 unspecified atom stereocenters. The lowest BCUT2D eigenvalue weighted by molar-refractivity contribution is -0.157. The van der Waals surface area contributed by atoms with Gasteiger partial charge >= 0.3 is 11.9 Å². The Morgan fingerprint density at radius 2 is 1.85 bits per heavy atom. The Kier molecular flexibility index (Phi) is 6.70. The minimum absolute atomic E-state index is 0.437. The fourth-order valence-electron chi connectivity index (χ4n) is 3.80. The maximum Gasteiger partial charge on any atom is 0.309 e. The second kappa shape index (κ2) is 8.61. The normalized spacial score (nSPS) is 29.3. The zero-order valence-corrected chi connectivity index (χ0v) is 16.2. The van der Waals surface area contributed by atoms with Gasteiger partial charge in [-0.05, 0) is 44.1 Å². The average molecular weight is 375 g/mol. The average Bonchev–Trinajstić information content (AvgIpc) is 3.22. The van der Waals surface area contributed by atoms with Crippen molar-refractivity contribution in [1.29, 1.82) is 0 Å². The van der Waals surface area contributed by atoms with Gasteiger partial charge < -0.3 is 15.5 Å². The second-order valence-corrected chi connectivity index (χ2v) is 8.07. The molecule has 1 aliphatic carbocycles. The SMILES string of the molecule is C(=C\C1CCNC1)/c1cncnc1.CC1(C)C(C(=O)O)CC[C@@]1(C)C(=O)O. The van der Waals surface area contributed by atoms with Crippen LogP contribution in [0.25, 0.3) is 6.08 Å². The number of nitrogens with zero attached hydrogens (tertiary/aromatic N) is 2. The summed E-state index contributed by atoms with van der Waals surface area (Å²) in [6.45, 7) is 7.34. The number of nitrogens with one attached hydrogen (secondary N) is 1. The van der Waals surface area contributed by atoms with Crippen molar-refractivity contribution >= 4 is 18.0 Å². The molecule has 0 bridgehead atoms. The predicted molar refractivity (Wildman–Crippen MR) is 102 cm³/mol. The topological polar surface area (TPSA) is 112 Å². The molecule has 27 heavy (non-hydrogen) atoms. The Hall–Kier alpha value is -2.28. The molecular weight excluding hydrogens is 346 g/mol. The first-order valence-corrected chi connectivity index (χ1v) is 9.28. The molecule has 3 N–H and O–H groups in total. The summed E-state index contributed by atoms with van der Waals surface area (Å²) in [6.07, 6.45) is 11.7. The Morgan fingerprint density at radius 3 is 2.30 bits per heavy atom. The molecule has 0 aromatic carbocycles. The molecule has 1 aromatic heterocycles. The maximum absolute atomic E-state index is 11.1. The Labute approximate surface area is 159 Å². The van der Waals surface area contributed by atoms with Gasteiger partial charge in [0.15, 0.2) is 0 Å². The maximum atomic E-state index is 11.1. The van der Waals surface area contributed by atoms with Gasteiger partial charge in [0.1, 0.15) is 6.33 Å². The summed E-state index contributed by atoms with van der Waals surface area (Å²) < 4.78 is 0. The van der Waals surface area contributed by atoms with Gasteiger partial charge in [0.2, 0.25) is 0 Å². The summed E-state index contributed by atoms with van der Waals surface area (Å²) in [5.74, 6) is -1.66. The molecule has 1 saturated heterocycles. The van der Waals surface area contributed by atoms with Gasteiger partial charge in [0.05, 0.1) is 11.3 Å². The van der Waals surface area contributed by atoms with Crippen molar-refractivity contribution in [2.75, 3.05) is 13.1 Å². The van der Waals surface area contributed by atoms with Crippen LogP contribution in [0.5, 0.6) is 0 Å². The van der Waals surface area contributed by atoms with Crippen LogP contribution in [0.3, 0.4) is 0 Å². The van der Waals surface area contributed by atoms with Crippen LogP contribution >= 0.6 is 0 Å². The third-order valence-corrected chi connectivity index (χ3v) is 6.24. The fraction of sp³-hybridized carbons (Fsp3) is 0.600. The monoisotopic (exact) mass is 375 g/mol. The van der Waals surface area contributed by atoms with Gasteiger partial charge in [-0.1, -0.05) is 26.0 Å². The number of hydrogen-bond acceptors (Lipinski definition) is 5. The summed E-state index contributed by atoms with van der Waals surface area (Å²) >= 11 is 0. The molecule has 1 aliphatic heterocycles. The highest BCUT2D eigenvalue weighted by atomic mass is 16.4. The minimum atomic E-state index is -0.921. The second-order valence-electron chi connectivity index (χ2n) is 8.07. The molecule has 1 saturated carbocycles. The van der Waals surface area contributed by atoms with Crippen molar-refractivity contribution in [3.8, 4) is 0 Å². The van der Waals surface area contributed by atoms with Gasteiger partial charge in [-0.15, -0.1) is 0 Å². The molecule has 0 radical (unpaired) electrons. The summed E-state index contributed by atoms with van der Waals surface area (Å²) in [5, 5.41) is 21.4. The van der Waals surface area contributed by atoms with E-state index in [2.05, 4.69) is 27.4 Å². The Morgan fingerprint density at radius 1 is 1.19 bits per heavy atom. The fourth-order valence-corrected chi connectivity index (χ4v) is 3.80. The van der Waals surface area contributed by atoms with Crippen LogP contribution in [0.1, 0.15) is 45.6 Å². The minimum Gasteiger partial charge on any atom is -0.481 e. The lowest BCUT2D eigenvalue weighted by Crippen LogP contribution is -2.42. The van der Waals surface area contributed by atoms with Gasteiger partial charge in [0, 0.05) is 24.5 Å². The van der Waals surface area contributed by atoms with E-state index in [1.54, 1.807) is 27.1 Å². The van der Waals surface area contributed by atoms with Crippen molar-refractivity contribution in [2.45, 2.75) is 40.0 Å². The van der Waals surface area contributed by atoms with Crippen molar-refractivity contribution in [3.63, 3.8) is 0 Å². The third-order valence-electron chi connectivity index (χ3n) is 6.24. The summed E-state index contributed by atoms with van der Waals surface area (Å²) in [5.41, 5.74) is -0.532. The van der Waals surface area contributed by atoms with E-state index in [-0.39, 0.29) is 0 Å². The zero-order valence-electron chi connectivity index (χ0n) is 16.2. The van der Waals surface area contributed by atoms with Crippen LogP contribution in [-0.4, -0.2) is 45.2 Å². The summed E-state index contributed by atoms with van der Waals surface area (Å²) in [7, 11) is 0. The number of aliphatic carboxylic acids is 2.